The number of nitrogens with zero attached hydrogens (tertiary/aromatic N) is 2. The van der Waals surface area contributed by atoms with Crippen molar-refractivity contribution in [1.29, 1.82) is 0 Å². The van der Waals surface area contributed by atoms with Gasteiger partial charge in [0.15, 0.2) is 0 Å². The van der Waals surface area contributed by atoms with Gasteiger partial charge in [0.1, 0.15) is 0 Å². The summed E-state index contributed by atoms with van der Waals surface area (Å²) >= 11 is 0. The molecular weight excluding hydrogens is 382 g/mol. The van der Waals surface area contributed by atoms with Crippen molar-refractivity contribution in [2.45, 2.75) is 26.2 Å². The maximum absolute atomic E-state index is 12.4. The maximum Gasteiger partial charge on any atom is 0.261 e. The lowest BCUT2D eigenvalue weighted by molar-refractivity contribution is -0.121. The van der Waals surface area contributed by atoms with E-state index in [0.717, 1.165) is 10.5 Å². The Balaban J connectivity index is 1.44. The summed E-state index contributed by atoms with van der Waals surface area (Å²) in [5.41, 5.74) is 1.68. The number of amides is 3. The van der Waals surface area contributed by atoms with Crippen molar-refractivity contribution in [3.8, 4) is 0 Å². The Morgan fingerprint density at radius 2 is 1.79 bits per heavy atom. The topological polar surface area (TPSA) is 104 Å². The highest BCUT2D eigenvalue weighted by Crippen LogP contribution is 2.24. The predicted molar refractivity (Wildman–Crippen MR) is 103 cm³/mol. The highest BCUT2D eigenvalue weighted by atomic mass is 32.2. The molecule has 0 saturated carbocycles. The first kappa shape index (κ1) is 20.5. The molecule has 0 radical (unpaired) electrons. The fourth-order valence-corrected chi connectivity index (χ4v) is 4.49. The van der Waals surface area contributed by atoms with E-state index in [2.05, 4.69) is 5.32 Å². The molecule has 9 heteroatoms. The quantitative estimate of drug-likeness (QED) is 0.702. The number of carbonyl (C=O) groups is 3. The monoisotopic (exact) mass is 407 g/mol. The zero-order chi connectivity index (χ0) is 20.5. The van der Waals surface area contributed by atoms with Crippen LogP contribution in [-0.4, -0.2) is 67.8 Å². The third kappa shape index (κ3) is 4.41. The van der Waals surface area contributed by atoms with Crippen LogP contribution in [0.1, 0.15) is 45.5 Å². The standard InChI is InChI=1S/C19H25N3O5S/c1-13-3-4-15-16(11-13)19(25)22(18(15)24)10-7-17(23)20-12-14-5-8-21(9-6-14)28(2,26)27/h3-4,11,14H,5-10,12H2,1-2H3,(H,20,23). The van der Waals surface area contributed by atoms with Crippen molar-refractivity contribution >= 4 is 27.7 Å². The number of carbonyl (C=O) groups excluding carboxylic acids is 3. The summed E-state index contributed by atoms with van der Waals surface area (Å²) in [6, 6.07) is 5.13. The maximum atomic E-state index is 12.4. The molecule has 0 aliphatic carbocycles. The second-order valence-electron chi connectivity index (χ2n) is 7.47. The van der Waals surface area contributed by atoms with Gasteiger partial charge in [-0.25, -0.2) is 12.7 Å². The lowest BCUT2D eigenvalue weighted by atomic mass is 9.98. The molecule has 0 atom stereocenters. The molecule has 28 heavy (non-hydrogen) atoms. The first-order chi connectivity index (χ1) is 13.2. The van der Waals surface area contributed by atoms with Crippen molar-refractivity contribution in [2.24, 2.45) is 5.92 Å². The Bertz CT molecular complexity index is 904. The van der Waals surface area contributed by atoms with Gasteiger partial charge in [0, 0.05) is 32.6 Å². The molecule has 1 aromatic rings. The van der Waals surface area contributed by atoms with Crippen LogP contribution in [0, 0.1) is 12.8 Å². The number of aryl methyl sites for hydroxylation is 1. The van der Waals surface area contributed by atoms with Gasteiger partial charge in [-0.3, -0.25) is 19.3 Å². The molecule has 2 aliphatic rings. The largest absolute Gasteiger partial charge is 0.356 e. The molecule has 0 unspecified atom stereocenters. The van der Waals surface area contributed by atoms with E-state index in [4.69, 9.17) is 0 Å². The van der Waals surface area contributed by atoms with Gasteiger partial charge in [0.25, 0.3) is 11.8 Å². The van der Waals surface area contributed by atoms with E-state index < -0.39 is 10.0 Å². The number of nitrogens with one attached hydrogen (secondary N) is 1. The van der Waals surface area contributed by atoms with Crippen LogP contribution in [0.3, 0.4) is 0 Å². The summed E-state index contributed by atoms with van der Waals surface area (Å²) in [5, 5.41) is 2.83. The molecule has 1 fully saturated rings. The molecule has 3 amide bonds. The van der Waals surface area contributed by atoms with Crippen LogP contribution in [0.15, 0.2) is 18.2 Å². The second-order valence-corrected chi connectivity index (χ2v) is 9.45. The second kappa shape index (κ2) is 8.00. The lowest BCUT2D eigenvalue weighted by Gasteiger charge is -2.30. The molecule has 1 saturated heterocycles. The van der Waals surface area contributed by atoms with E-state index in [-0.39, 0.29) is 36.6 Å². The minimum atomic E-state index is -3.16. The van der Waals surface area contributed by atoms with Gasteiger partial charge < -0.3 is 5.32 Å². The highest BCUT2D eigenvalue weighted by molar-refractivity contribution is 7.88. The Labute approximate surface area is 164 Å². The third-order valence-electron chi connectivity index (χ3n) is 5.32. The van der Waals surface area contributed by atoms with E-state index in [1.54, 1.807) is 18.2 Å². The van der Waals surface area contributed by atoms with Crippen molar-refractivity contribution < 1.29 is 22.8 Å². The zero-order valence-electron chi connectivity index (χ0n) is 16.1. The predicted octanol–water partition coefficient (Wildman–Crippen LogP) is 0.769. The molecule has 1 aromatic carbocycles. The van der Waals surface area contributed by atoms with Gasteiger partial charge in [-0.2, -0.15) is 0 Å². The number of imide groups is 1. The fraction of sp³-hybridized carbons (Fsp3) is 0.526. The Morgan fingerprint density at radius 3 is 2.43 bits per heavy atom. The van der Waals surface area contributed by atoms with Crippen molar-refractivity contribution in [3.63, 3.8) is 0 Å². The van der Waals surface area contributed by atoms with Crippen LogP contribution >= 0.6 is 0 Å². The summed E-state index contributed by atoms with van der Waals surface area (Å²) in [6.07, 6.45) is 2.65. The molecule has 1 N–H and O–H groups in total. The lowest BCUT2D eigenvalue weighted by Crippen LogP contribution is -2.41. The summed E-state index contributed by atoms with van der Waals surface area (Å²) in [4.78, 5) is 38.0. The average molecular weight is 407 g/mol. The summed E-state index contributed by atoms with van der Waals surface area (Å²) < 4.78 is 24.5. The fourth-order valence-electron chi connectivity index (χ4n) is 3.61. The molecule has 2 aliphatic heterocycles. The SMILES string of the molecule is Cc1ccc2c(c1)C(=O)N(CCC(=O)NCC1CCN(S(C)(=O)=O)CC1)C2=O. The van der Waals surface area contributed by atoms with Crippen LogP contribution in [-0.2, 0) is 14.8 Å². The van der Waals surface area contributed by atoms with Crippen molar-refractivity contribution in [1.82, 2.24) is 14.5 Å². The number of benzene rings is 1. The first-order valence-corrected chi connectivity index (χ1v) is 11.2. The van der Waals surface area contributed by atoms with E-state index >= 15 is 0 Å². The van der Waals surface area contributed by atoms with Crippen molar-refractivity contribution in [2.75, 3.05) is 32.4 Å². The minimum Gasteiger partial charge on any atom is -0.356 e. The van der Waals surface area contributed by atoms with Crippen molar-refractivity contribution in [3.05, 3.63) is 34.9 Å². The number of rotatable bonds is 6. The zero-order valence-corrected chi connectivity index (χ0v) is 16.9. The highest BCUT2D eigenvalue weighted by Gasteiger charge is 2.35. The molecule has 0 aromatic heterocycles. The van der Waals surface area contributed by atoms with Gasteiger partial charge in [-0.15, -0.1) is 0 Å². The van der Waals surface area contributed by atoms with E-state index in [1.165, 1.54) is 10.6 Å². The molecular formula is C19H25N3O5S. The van der Waals surface area contributed by atoms with Gasteiger partial charge in [0.2, 0.25) is 15.9 Å². The van der Waals surface area contributed by atoms with Crippen LogP contribution in [0.25, 0.3) is 0 Å². The number of hydrogen-bond acceptors (Lipinski definition) is 5. The minimum absolute atomic E-state index is 0.0454. The van der Waals surface area contributed by atoms with Gasteiger partial charge in [-0.1, -0.05) is 11.6 Å². The van der Waals surface area contributed by atoms with E-state index in [1.807, 2.05) is 6.92 Å². The van der Waals surface area contributed by atoms with Gasteiger partial charge in [0.05, 0.1) is 17.4 Å². The summed E-state index contributed by atoms with van der Waals surface area (Å²) in [6.45, 7) is 3.30. The number of fused-ring (bicyclic) bond motifs is 1. The van der Waals surface area contributed by atoms with Gasteiger partial charge >= 0.3 is 0 Å². The van der Waals surface area contributed by atoms with Gasteiger partial charge in [-0.05, 0) is 37.8 Å². The van der Waals surface area contributed by atoms with Crippen LogP contribution < -0.4 is 5.32 Å². The molecule has 0 spiro atoms. The smallest absolute Gasteiger partial charge is 0.261 e. The summed E-state index contributed by atoms with van der Waals surface area (Å²) in [5.74, 6) is -0.715. The van der Waals surface area contributed by atoms with Crippen LogP contribution in [0.5, 0.6) is 0 Å². The number of piperidine rings is 1. The molecule has 152 valence electrons. The third-order valence-corrected chi connectivity index (χ3v) is 6.62. The molecule has 3 rings (SSSR count). The van der Waals surface area contributed by atoms with Crippen LogP contribution in [0.4, 0.5) is 0 Å². The number of sulfonamides is 1. The molecule has 0 bridgehead atoms. The molecule has 2 heterocycles. The first-order valence-electron chi connectivity index (χ1n) is 9.35. The average Bonchev–Trinajstić information content (AvgIpc) is 2.88. The number of hydrogen-bond donors (Lipinski definition) is 1. The normalized spacial score (nSPS) is 18.4. The summed E-state index contributed by atoms with van der Waals surface area (Å²) in [7, 11) is -3.16. The molecule has 8 nitrogen and oxygen atoms in total. The Morgan fingerprint density at radius 1 is 1.14 bits per heavy atom. The van der Waals surface area contributed by atoms with Crippen LogP contribution in [0.2, 0.25) is 0 Å². The Hall–Kier alpha value is -2.26. The Kier molecular flexibility index (Phi) is 5.85. The van der Waals surface area contributed by atoms with E-state index in [9.17, 15) is 22.8 Å². The van der Waals surface area contributed by atoms with E-state index in [0.29, 0.717) is 43.6 Å².